The summed E-state index contributed by atoms with van der Waals surface area (Å²) in [6, 6.07) is 12.0. The maximum absolute atomic E-state index is 12.5. The van der Waals surface area contributed by atoms with Gasteiger partial charge in [-0.3, -0.25) is 4.79 Å². The Balaban J connectivity index is 1.72. The molecule has 0 unspecified atom stereocenters. The van der Waals surface area contributed by atoms with Gasteiger partial charge in [-0.05, 0) is 55.2 Å². The predicted octanol–water partition coefficient (Wildman–Crippen LogP) is 4.03. The monoisotopic (exact) mass is 359 g/mol. The van der Waals surface area contributed by atoms with Crippen LogP contribution in [0.5, 0.6) is 5.75 Å². The van der Waals surface area contributed by atoms with E-state index in [1.807, 2.05) is 49.1 Å². The van der Waals surface area contributed by atoms with E-state index >= 15 is 0 Å². The number of nitrogens with zero attached hydrogens (tertiary/aromatic N) is 1. The molecule has 2 aromatic carbocycles. The van der Waals surface area contributed by atoms with Gasteiger partial charge < -0.3 is 9.64 Å². The average molecular weight is 360 g/mol. The quantitative estimate of drug-likeness (QED) is 0.827. The van der Waals surface area contributed by atoms with Crippen molar-refractivity contribution in [3.63, 3.8) is 0 Å². The summed E-state index contributed by atoms with van der Waals surface area (Å²) in [6.07, 6.45) is 0.915. The van der Waals surface area contributed by atoms with E-state index in [1.54, 1.807) is 0 Å². The van der Waals surface area contributed by atoms with Crippen molar-refractivity contribution >= 4 is 27.5 Å². The maximum atomic E-state index is 12.5. The minimum absolute atomic E-state index is 0.00617. The van der Waals surface area contributed by atoms with Crippen LogP contribution in [0.4, 0.5) is 5.69 Å². The predicted molar refractivity (Wildman–Crippen MR) is 91.6 cm³/mol. The lowest BCUT2D eigenvalue weighted by Crippen LogP contribution is -2.33. The molecule has 3 nitrogen and oxygen atoms in total. The van der Waals surface area contributed by atoms with Crippen molar-refractivity contribution in [1.29, 1.82) is 0 Å². The Morgan fingerprint density at radius 1 is 1.23 bits per heavy atom. The van der Waals surface area contributed by atoms with Crippen LogP contribution in [0.3, 0.4) is 0 Å². The van der Waals surface area contributed by atoms with Gasteiger partial charge in [-0.2, -0.15) is 0 Å². The van der Waals surface area contributed by atoms with E-state index in [-0.39, 0.29) is 12.5 Å². The van der Waals surface area contributed by atoms with E-state index in [4.69, 9.17) is 4.74 Å². The SMILES string of the molecule is Cc1cc(Br)cc(C)c1OCC(=O)N1CCc2ccccc21. The minimum Gasteiger partial charge on any atom is -0.483 e. The number of para-hydroxylation sites is 1. The topological polar surface area (TPSA) is 29.5 Å². The molecule has 0 N–H and O–H groups in total. The van der Waals surface area contributed by atoms with Gasteiger partial charge in [0.15, 0.2) is 6.61 Å². The summed E-state index contributed by atoms with van der Waals surface area (Å²) in [4.78, 5) is 14.3. The third-order valence-corrected chi connectivity index (χ3v) is 4.41. The van der Waals surface area contributed by atoms with Gasteiger partial charge in [-0.1, -0.05) is 34.1 Å². The number of carbonyl (C=O) groups is 1. The molecule has 1 amide bonds. The lowest BCUT2D eigenvalue weighted by atomic mass is 10.1. The Kier molecular flexibility index (Phi) is 4.21. The first kappa shape index (κ1) is 15.1. The first-order chi connectivity index (χ1) is 10.6. The highest BCUT2D eigenvalue weighted by atomic mass is 79.9. The van der Waals surface area contributed by atoms with Crippen molar-refractivity contribution in [1.82, 2.24) is 0 Å². The van der Waals surface area contributed by atoms with Crippen LogP contribution in [0.1, 0.15) is 16.7 Å². The molecule has 0 saturated carbocycles. The van der Waals surface area contributed by atoms with Gasteiger partial charge in [-0.15, -0.1) is 0 Å². The van der Waals surface area contributed by atoms with Crippen molar-refractivity contribution in [3.8, 4) is 5.75 Å². The van der Waals surface area contributed by atoms with E-state index in [0.717, 1.165) is 40.0 Å². The van der Waals surface area contributed by atoms with Crippen molar-refractivity contribution in [2.24, 2.45) is 0 Å². The van der Waals surface area contributed by atoms with E-state index in [9.17, 15) is 4.79 Å². The van der Waals surface area contributed by atoms with Gasteiger partial charge in [0.2, 0.25) is 0 Å². The molecule has 0 atom stereocenters. The van der Waals surface area contributed by atoms with Gasteiger partial charge in [-0.25, -0.2) is 0 Å². The minimum atomic E-state index is 0.00617. The number of fused-ring (bicyclic) bond motifs is 1. The summed E-state index contributed by atoms with van der Waals surface area (Å²) in [7, 11) is 0. The molecular formula is C18H18BrNO2. The lowest BCUT2D eigenvalue weighted by molar-refractivity contribution is -0.120. The van der Waals surface area contributed by atoms with Gasteiger partial charge in [0, 0.05) is 16.7 Å². The van der Waals surface area contributed by atoms with E-state index in [2.05, 4.69) is 22.0 Å². The summed E-state index contributed by atoms with van der Waals surface area (Å²) < 4.78 is 6.82. The maximum Gasteiger partial charge on any atom is 0.264 e. The van der Waals surface area contributed by atoms with Crippen molar-refractivity contribution in [2.45, 2.75) is 20.3 Å². The zero-order valence-corrected chi connectivity index (χ0v) is 14.3. The highest BCUT2D eigenvalue weighted by Crippen LogP contribution is 2.29. The fraction of sp³-hybridized carbons (Fsp3) is 0.278. The Hall–Kier alpha value is -1.81. The molecule has 0 spiro atoms. The second-order valence-electron chi connectivity index (χ2n) is 5.58. The number of carbonyl (C=O) groups excluding carboxylic acids is 1. The summed E-state index contributed by atoms with van der Waals surface area (Å²) in [5.74, 6) is 0.802. The standard InChI is InChI=1S/C18H18BrNO2/c1-12-9-15(19)10-13(2)18(12)22-11-17(21)20-8-7-14-5-3-4-6-16(14)20/h3-6,9-10H,7-8,11H2,1-2H3. The Morgan fingerprint density at radius 2 is 1.91 bits per heavy atom. The fourth-order valence-corrected chi connectivity index (χ4v) is 3.62. The first-order valence-electron chi connectivity index (χ1n) is 7.34. The van der Waals surface area contributed by atoms with Crippen molar-refractivity contribution in [2.75, 3.05) is 18.1 Å². The molecule has 2 aromatic rings. The van der Waals surface area contributed by atoms with Gasteiger partial charge >= 0.3 is 0 Å². The molecule has 0 saturated heterocycles. The van der Waals surface area contributed by atoms with Crippen LogP contribution >= 0.6 is 15.9 Å². The second kappa shape index (κ2) is 6.13. The number of hydrogen-bond donors (Lipinski definition) is 0. The molecular weight excluding hydrogens is 342 g/mol. The van der Waals surface area contributed by atoms with Crippen LogP contribution in [-0.2, 0) is 11.2 Å². The molecule has 22 heavy (non-hydrogen) atoms. The number of halogens is 1. The fourth-order valence-electron chi connectivity index (χ4n) is 2.93. The summed E-state index contributed by atoms with van der Waals surface area (Å²) in [5.41, 5.74) is 4.30. The van der Waals surface area contributed by atoms with Crippen LogP contribution in [-0.4, -0.2) is 19.1 Å². The number of benzene rings is 2. The Bertz CT molecular complexity index is 704. The van der Waals surface area contributed by atoms with Crippen molar-refractivity contribution < 1.29 is 9.53 Å². The number of anilines is 1. The zero-order chi connectivity index (χ0) is 15.7. The molecule has 4 heteroatoms. The summed E-state index contributed by atoms with van der Waals surface area (Å²) in [5, 5.41) is 0. The smallest absolute Gasteiger partial charge is 0.264 e. The Labute approximate surface area is 139 Å². The number of hydrogen-bond acceptors (Lipinski definition) is 2. The molecule has 114 valence electrons. The van der Waals surface area contributed by atoms with Crippen LogP contribution in [0.15, 0.2) is 40.9 Å². The zero-order valence-electron chi connectivity index (χ0n) is 12.7. The molecule has 0 fully saturated rings. The second-order valence-corrected chi connectivity index (χ2v) is 6.50. The molecule has 1 aliphatic heterocycles. The van der Waals surface area contributed by atoms with E-state index in [1.165, 1.54) is 5.56 Å². The first-order valence-corrected chi connectivity index (χ1v) is 8.13. The molecule has 1 heterocycles. The number of aryl methyl sites for hydroxylation is 2. The largest absolute Gasteiger partial charge is 0.483 e. The third kappa shape index (κ3) is 2.88. The Morgan fingerprint density at radius 3 is 2.64 bits per heavy atom. The van der Waals surface area contributed by atoms with Crippen molar-refractivity contribution in [3.05, 3.63) is 57.6 Å². The number of amides is 1. The molecule has 0 radical (unpaired) electrons. The average Bonchev–Trinajstić information content (AvgIpc) is 2.90. The normalized spacial score (nSPS) is 13.1. The lowest BCUT2D eigenvalue weighted by Gasteiger charge is -2.19. The molecule has 3 rings (SSSR count). The number of ether oxygens (including phenoxy) is 1. The van der Waals surface area contributed by atoms with Gasteiger partial charge in [0.05, 0.1) is 0 Å². The van der Waals surface area contributed by atoms with Crippen LogP contribution in [0.25, 0.3) is 0 Å². The molecule has 1 aliphatic rings. The van der Waals surface area contributed by atoms with E-state index < -0.39 is 0 Å². The van der Waals surface area contributed by atoms with E-state index in [0.29, 0.717) is 0 Å². The van der Waals surface area contributed by atoms with Gasteiger partial charge in [0.25, 0.3) is 5.91 Å². The molecule has 0 bridgehead atoms. The molecule has 0 aromatic heterocycles. The van der Waals surface area contributed by atoms with Gasteiger partial charge in [0.1, 0.15) is 5.75 Å². The van der Waals surface area contributed by atoms with Crippen LogP contribution in [0.2, 0.25) is 0 Å². The number of rotatable bonds is 3. The highest BCUT2D eigenvalue weighted by molar-refractivity contribution is 9.10. The van der Waals surface area contributed by atoms with Crippen LogP contribution < -0.4 is 9.64 Å². The molecule has 0 aliphatic carbocycles. The van der Waals surface area contributed by atoms with Crippen LogP contribution in [0, 0.1) is 13.8 Å². The highest BCUT2D eigenvalue weighted by Gasteiger charge is 2.24. The third-order valence-electron chi connectivity index (χ3n) is 3.95. The summed E-state index contributed by atoms with van der Waals surface area (Å²) in [6.45, 7) is 4.78. The summed E-state index contributed by atoms with van der Waals surface area (Å²) >= 11 is 3.47.